The van der Waals surface area contributed by atoms with Crippen molar-refractivity contribution in [3.8, 4) is 0 Å². The number of amides is 1. The van der Waals surface area contributed by atoms with Crippen LogP contribution in [0.3, 0.4) is 0 Å². The Morgan fingerprint density at radius 1 is 1.12 bits per heavy atom. The number of ether oxygens (including phenoxy) is 1. The van der Waals surface area contributed by atoms with Crippen molar-refractivity contribution in [2.45, 2.75) is 4.90 Å². The minimum Gasteiger partial charge on any atom is -0.439 e. The van der Waals surface area contributed by atoms with Crippen LogP contribution in [0.1, 0.15) is 20.7 Å². The molecule has 2 aromatic carbocycles. The van der Waals surface area contributed by atoms with Crippen molar-refractivity contribution in [1.29, 1.82) is 0 Å². The summed E-state index contributed by atoms with van der Waals surface area (Å²) in [6, 6.07) is 10.7. The zero-order valence-corrected chi connectivity index (χ0v) is 13.3. The van der Waals surface area contributed by atoms with Crippen molar-refractivity contribution >= 4 is 27.6 Å². The highest BCUT2D eigenvalue weighted by Crippen LogP contribution is 2.30. The highest BCUT2D eigenvalue weighted by atomic mass is 32.2. The van der Waals surface area contributed by atoms with Crippen LogP contribution in [0.15, 0.2) is 53.4 Å². The largest absolute Gasteiger partial charge is 0.439 e. The molecule has 0 aliphatic carbocycles. The molecular formula is C15H10N2O7S. The zero-order chi connectivity index (χ0) is 18.2. The van der Waals surface area contributed by atoms with Gasteiger partial charge in [0.1, 0.15) is 10.5 Å². The van der Waals surface area contributed by atoms with Gasteiger partial charge in [-0.2, -0.15) is 4.31 Å². The summed E-state index contributed by atoms with van der Waals surface area (Å²) in [7, 11) is -4.13. The minimum atomic E-state index is -4.13. The molecule has 0 N–H and O–H groups in total. The highest BCUT2D eigenvalue weighted by molar-refractivity contribution is 7.90. The van der Waals surface area contributed by atoms with E-state index in [2.05, 4.69) is 0 Å². The molecule has 0 radical (unpaired) electrons. The van der Waals surface area contributed by atoms with Gasteiger partial charge in [0, 0.05) is 6.07 Å². The number of fused-ring (bicyclic) bond motifs is 1. The molecule has 3 rings (SSSR count). The van der Waals surface area contributed by atoms with Gasteiger partial charge in [0.2, 0.25) is 0 Å². The van der Waals surface area contributed by atoms with Gasteiger partial charge >= 0.3 is 5.97 Å². The number of sulfonamides is 1. The fourth-order valence-corrected chi connectivity index (χ4v) is 3.79. The van der Waals surface area contributed by atoms with Gasteiger partial charge in [-0.05, 0) is 18.2 Å². The number of carbonyl (C=O) groups excluding carboxylic acids is 2. The van der Waals surface area contributed by atoms with E-state index in [4.69, 9.17) is 4.74 Å². The van der Waals surface area contributed by atoms with Gasteiger partial charge < -0.3 is 4.74 Å². The third-order valence-corrected chi connectivity index (χ3v) is 5.31. The SMILES string of the molecule is O=C(OCN1C(=O)c2ccccc2S1(=O)=O)c1ccccc1[N+](=O)[O-]. The molecule has 0 unspecified atom stereocenters. The molecule has 25 heavy (non-hydrogen) atoms. The number of nitrogens with zero attached hydrogens (tertiary/aromatic N) is 2. The van der Waals surface area contributed by atoms with E-state index in [1.807, 2.05) is 0 Å². The molecule has 1 aliphatic rings. The molecule has 0 saturated carbocycles. The van der Waals surface area contributed by atoms with E-state index in [9.17, 15) is 28.1 Å². The fourth-order valence-electron chi connectivity index (χ4n) is 2.36. The van der Waals surface area contributed by atoms with Gasteiger partial charge in [0.05, 0.1) is 10.5 Å². The molecule has 0 saturated heterocycles. The van der Waals surface area contributed by atoms with Crippen LogP contribution in [0.5, 0.6) is 0 Å². The van der Waals surface area contributed by atoms with E-state index >= 15 is 0 Å². The van der Waals surface area contributed by atoms with Crippen LogP contribution < -0.4 is 0 Å². The standard InChI is InChI=1S/C15H10N2O7S/c18-14-11-6-2-4-8-13(11)25(22,23)16(14)9-24-15(19)10-5-1-3-7-12(10)17(20)21/h1-8H,9H2. The van der Waals surface area contributed by atoms with Gasteiger partial charge in [-0.3, -0.25) is 14.9 Å². The van der Waals surface area contributed by atoms with Crippen LogP contribution in [-0.4, -0.2) is 36.3 Å². The van der Waals surface area contributed by atoms with E-state index in [1.54, 1.807) is 0 Å². The second-order valence-electron chi connectivity index (χ2n) is 4.99. The minimum absolute atomic E-state index is 0.0239. The zero-order valence-electron chi connectivity index (χ0n) is 12.5. The van der Waals surface area contributed by atoms with Crippen LogP contribution in [0.4, 0.5) is 5.69 Å². The Morgan fingerprint density at radius 2 is 1.76 bits per heavy atom. The number of rotatable bonds is 4. The Bertz CT molecular complexity index is 1000. The average molecular weight is 362 g/mol. The normalized spacial score (nSPS) is 14.9. The third-order valence-electron chi connectivity index (χ3n) is 3.55. The molecule has 2 aromatic rings. The molecular weight excluding hydrogens is 352 g/mol. The number of hydrogen-bond acceptors (Lipinski definition) is 7. The maximum atomic E-state index is 12.3. The summed E-state index contributed by atoms with van der Waals surface area (Å²) in [5.74, 6) is -1.93. The van der Waals surface area contributed by atoms with Crippen LogP contribution >= 0.6 is 0 Å². The predicted molar refractivity (Wildman–Crippen MR) is 83.2 cm³/mol. The smallest absolute Gasteiger partial charge is 0.346 e. The second-order valence-corrected chi connectivity index (χ2v) is 6.82. The highest BCUT2D eigenvalue weighted by Gasteiger charge is 2.41. The third kappa shape index (κ3) is 2.72. The predicted octanol–water partition coefficient (Wildman–Crippen LogP) is 1.55. The number of hydrogen-bond donors (Lipinski definition) is 0. The lowest BCUT2D eigenvalue weighted by Gasteiger charge is -2.15. The van der Waals surface area contributed by atoms with Gasteiger partial charge in [-0.25, -0.2) is 13.2 Å². The molecule has 0 atom stereocenters. The maximum absolute atomic E-state index is 12.3. The lowest BCUT2D eigenvalue weighted by Crippen LogP contribution is -2.33. The Hall–Kier alpha value is -3.27. The Balaban J connectivity index is 1.83. The molecule has 0 fully saturated rings. The van der Waals surface area contributed by atoms with E-state index in [1.165, 1.54) is 42.5 Å². The lowest BCUT2D eigenvalue weighted by atomic mass is 10.2. The number of nitro benzene ring substituents is 1. The summed E-state index contributed by atoms with van der Waals surface area (Å²) in [4.78, 5) is 34.2. The molecule has 1 aliphatic heterocycles. The first-order chi connectivity index (χ1) is 11.8. The van der Waals surface area contributed by atoms with Gasteiger partial charge in [0.25, 0.3) is 21.6 Å². The fraction of sp³-hybridized carbons (Fsp3) is 0.0667. The van der Waals surface area contributed by atoms with Crippen LogP contribution in [0.25, 0.3) is 0 Å². The number of esters is 1. The summed E-state index contributed by atoms with van der Waals surface area (Å²) in [6.07, 6.45) is 0. The van der Waals surface area contributed by atoms with Crippen molar-refractivity contribution in [3.05, 3.63) is 69.8 Å². The van der Waals surface area contributed by atoms with Crippen LogP contribution in [-0.2, 0) is 14.8 Å². The molecule has 9 nitrogen and oxygen atoms in total. The van der Waals surface area contributed by atoms with E-state index in [0.29, 0.717) is 4.31 Å². The van der Waals surface area contributed by atoms with E-state index in [-0.39, 0.29) is 16.0 Å². The number of nitro groups is 1. The molecule has 0 bridgehead atoms. The maximum Gasteiger partial charge on any atom is 0.346 e. The van der Waals surface area contributed by atoms with Crippen molar-refractivity contribution < 1.29 is 27.7 Å². The first-order valence-corrected chi connectivity index (χ1v) is 8.34. The van der Waals surface area contributed by atoms with Gasteiger partial charge in [0.15, 0.2) is 6.73 Å². The molecule has 1 amide bonds. The van der Waals surface area contributed by atoms with Gasteiger partial charge in [-0.15, -0.1) is 0 Å². The monoisotopic (exact) mass is 362 g/mol. The van der Waals surface area contributed by atoms with Crippen LogP contribution in [0, 0.1) is 10.1 Å². The molecule has 1 heterocycles. The lowest BCUT2D eigenvalue weighted by molar-refractivity contribution is -0.385. The summed E-state index contributed by atoms with van der Waals surface area (Å²) in [5.41, 5.74) is -0.843. The quantitative estimate of drug-likeness (QED) is 0.459. The topological polar surface area (TPSA) is 124 Å². The second kappa shape index (κ2) is 5.98. The van der Waals surface area contributed by atoms with Crippen molar-refractivity contribution in [2.75, 3.05) is 6.73 Å². The van der Waals surface area contributed by atoms with Gasteiger partial charge in [-0.1, -0.05) is 24.3 Å². The molecule has 10 heteroatoms. The molecule has 128 valence electrons. The Labute approximate surface area is 141 Å². The summed E-state index contributed by atoms with van der Waals surface area (Å²) in [6.45, 7) is -0.874. The van der Waals surface area contributed by atoms with Crippen molar-refractivity contribution in [1.82, 2.24) is 4.31 Å². The average Bonchev–Trinajstić information content (AvgIpc) is 2.79. The van der Waals surface area contributed by atoms with Crippen molar-refractivity contribution in [2.24, 2.45) is 0 Å². The first kappa shape index (κ1) is 16.6. The summed E-state index contributed by atoms with van der Waals surface area (Å²) < 4.78 is 29.9. The summed E-state index contributed by atoms with van der Waals surface area (Å²) in [5, 5.41) is 10.9. The van der Waals surface area contributed by atoms with Crippen molar-refractivity contribution in [3.63, 3.8) is 0 Å². The Morgan fingerprint density at radius 3 is 2.44 bits per heavy atom. The molecule has 0 spiro atoms. The van der Waals surface area contributed by atoms with E-state index < -0.39 is 39.2 Å². The molecule has 0 aromatic heterocycles. The van der Waals surface area contributed by atoms with E-state index in [0.717, 1.165) is 6.07 Å². The van der Waals surface area contributed by atoms with Crippen LogP contribution in [0.2, 0.25) is 0 Å². The number of carbonyl (C=O) groups is 2. The first-order valence-electron chi connectivity index (χ1n) is 6.90. The number of benzene rings is 2. The summed E-state index contributed by atoms with van der Waals surface area (Å²) >= 11 is 0. The Kier molecular flexibility index (Phi) is 3.97. The number of para-hydroxylation sites is 1.